The highest BCUT2D eigenvalue weighted by Crippen LogP contribution is 2.36. The summed E-state index contributed by atoms with van der Waals surface area (Å²) in [5, 5.41) is 4.48. The second kappa shape index (κ2) is 5.76. The largest absolute Gasteiger partial charge is 0.382 e. The number of anilines is 2. The van der Waals surface area contributed by atoms with Crippen molar-refractivity contribution in [1.82, 2.24) is 14.3 Å². The van der Waals surface area contributed by atoms with Crippen molar-refractivity contribution in [2.75, 3.05) is 31.2 Å². The first kappa shape index (κ1) is 13.3. The van der Waals surface area contributed by atoms with E-state index in [2.05, 4.69) is 26.6 Å². The Hall–Kier alpha value is -1.66. The highest BCUT2D eigenvalue weighted by molar-refractivity contribution is 7.11. The van der Waals surface area contributed by atoms with Crippen LogP contribution in [0.15, 0.2) is 24.5 Å². The average Bonchev–Trinajstić information content (AvgIpc) is 3.25. The Bertz CT molecular complexity index is 564. The molecular weight excluding hydrogens is 270 g/mol. The topological polar surface area (TPSA) is 67.1 Å². The van der Waals surface area contributed by atoms with Crippen LogP contribution in [0, 0.1) is 0 Å². The van der Waals surface area contributed by atoms with Gasteiger partial charge in [0.2, 0.25) is 0 Å². The molecule has 1 aliphatic carbocycles. The van der Waals surface area contributed by atoms with Gasteiger partial charge in [-0.15, -0.1) is 0 Å². The van der Waals surface area contributed by atoms with Crippen LogP contribution in [0.4, 0.5) is 10.8 Å². The quantitative estimate of drug-likeness (QED) is 0.854. The molecule has 0 atom stereocenters. The van der Waals surface area contributed by atoms with E-state index in [0.29, 0.717) is 5.82 Å². The Morgan fingerprint density at radius 2 is 2.35 bits per heavy atom. The molecule has 0 bridgehead atoms. The first-order valence-electron chi connectivity index (χ1n) is 6.85. The predicted octanol–water partition coefficient (Wildman–Crippen LogP) is 2.29. The molecule has 3 rings (SSSR count). The standard InChI is InChI=1S/C14H19N5S/c1-19(11-4-5-11)8-7-17-14-12(13(15)18-20-14)10-3-2-6-16-9-10/h2-3,6,9,11,17H,4-5,7-8H2,1H3,(H2,15,18). The van der Waals surface area contributed by atoms with Crippen molar-refractivity contribution >= 4 is 22.4 Å². The van der Waals surface area contributed by atoms with Crippen molar-refractivity contribution in [3.63, 3.8) is 0 Å². The van der Waals surface area contributed by atoms with Gasteiger partial charge in [0.15, 0.2) is 0 Å². The number of rotatable bonds is 6. The number of likely N-dealkylation sites (N-methyl/N-ethyl adjacent to an activating group) is 1. The fourth-order valence-electron chi connectivity index (χ4n) is 2.26. The molecule has 0 amide bonds. The summed E-state index contributed by atoms with van der Waals surface area (Å²) in [6.07, 6.45) is 6.26. The van der Waals surface area contributed by atoms with E-state index in [4.69, 9.17) is 5.73 Å². The van der Waals surface area contributed by atoms with E-state index in [9.17, 15) is 0 Å². The van der Waals surface area contributed by atoms with Gasteiger partial charge in [0.1, 0.15) is 10.8 Å². The molecule has 2 aromatic heterocycles. The molecule has 0 unspecified atom stereocenters. The lowest BCUT2D eigenvalue weighted by atomic mass is 10.1. The van der Waals surface area contributed by atoms with Gasteiger partial charge in [0.25, 0.3) is 0 Å². The summed E-state index contributed by atoms with van der Waals surface area (Å²) in [5.74, 6) is 0.570. The minimum Gasteiger partial charge on any atom is -0.382 e. The Kier molecular flexibility index (Phi) is 3.84. The number of aromatic nitrogens is 2. The highest BCUT2D eigenvalue weighted by Gasteiger charge is 2.25. The van der Waals surface area contributed by atoms with Gasteiger partial charge in [0, 0.05) is 37.1 Å². The van der Waals surface area contributed by atoms with Crippen molar-refractivity contribution in [1.29, 1.82) is 0 Å². The van der Waals surface area contributed by atoms with E-state index in [-0.39, 0.29) is 0 Å². The number of pyridine rings is 1. The number of nitrogens with zero attached hydrogens (tertiary/aromatic N) is 3. The third-order valence-electron chi connectivity index (χ3n) is 3.59. The molecule has 6 heteroatoms. The number of nitrogens with one attached hydrogen (secondary N) is 1. The number of nitrogen functional groups attached to an aromatic ring is 1. The van der Waals surface area contributed by atoms with Gasteiger partial charge in [0.05, 0.1) is 5.56 Å². The predicted molar refractivity (Wildman–Crippen MR) is 83.9 cm³/mol. The van der Waals surface area contributed by atoms with E-state index in [0.717, 1.165) is 35.3 Å². The minimum absolute atomic E-state index is 0.570. The third-order valence-corrected chi connectivity index (χ3v) is 4.41. The van der Waals surface area contributed by atoms with Crippen molar-refractivity contribution in [2.24, 2.45) is 0 Å². The first-order valence-corrected chi connectivity index (χ1v) is 7.62. The van der Waals surface area contributed by atoms with Crippen LogP contribution in [0.25, 0.3) is 11.1 Å². The summed E-state index contributed by atoms with van der Waals surface area (Å²) in [4.78, 5) is 6.55. The van der Waals surface area contributed by atoms with Gasteiger partial charge >= 0.3 is 0 Å². The van der Waals surface area contributed by atoms with E-state index in [1.165, 1.54) is 24.4 Å². The molecule has 20 heavy (non-hydrogen) atoms. The molecule has 0 spiro atoms. The van der Waals surface area contributed by atoms with Gasteiger partial charge in [-0.3, -0.25) is 4.98 Å². The molecule has 1 aliphatic rings. The van der Waals surface area contributed by atoms with E-state index >= 15 is 0 Å². The lowest BCUT2D eigenvalue weighted by molar-refractivity contribution is 0.337. The maximum Gasteiger partial charge on any atom is 0.147 e. The third kappa shape index (κ3) is 2.91. The summed E-state index contributed by atoms with van der Waals surface area (Å²) in [5.41, 5.74) is 7.96. The molecule has 0 aliphatic heterocycles. The summed E-state index contributed by atoms with van der Waals surface area (Å²) >= 11 is 1.41. The maximum atomic E-state index is 5.98. The SMILES string of the molecule is CN(CCNc1snc(N)c1-c1cccnc1)C1CC1. The summed E-state index contributed by atoms with van der Waals surface area (Å²) in [6.45, 7) is 1.94. The van der Waals surface area contributed by atoms with Crippen molar-refractivity contribution < 1.29 is 0 Å². The number of hydrogen-bond donors (Lipinski definition) is 2. The molecular formula is C14H19N5S. The van der Waals surface area contributed by atoms with Gasteiger partial charge in [-0.05, 0) is 37.5 Å². The van der Waals surface area contributed by atoms with Crippen LogP contribution in [0.5, 0.6) is 0 Å². The average molecular weight is 289 g/mol. The molecule has 5 nitrogen and oxygen atoms in total. The van der Waals surface area contributed by atoms with E-state index < -0.39 is 0 Å². The zero-order valence-corrected chi connectivity index (χ0v) is 12.4. The highest BCUT2D eigenvalue weighted by atomic mass is 32.1. The second-order valence-electron chi connectivity index (χ2n) is 5.15. The molecule has 106 valence electrons. The molecule has 0 aromatic carbocycles. The zero-order chi connectivity index (χ0) is 13.9. The first-order chi connectivity index (χ1) is 9.75. The maximum absolute atomic E-state index is 5.98. The Morgan fingerprint density at radius 1 is 1.50 bits per heavy atom. The molecule has 0 saturated heterocycles. The number of hydrogen-bond acceptors (Lipinski definition) is 6. The van der Waals surface area contributed by atoms with Gasteiger partial charge in [-0.2, -0.15) is 4.37 Å². The number of nitrogens with two attached hydrogens (primary N) is 1. The molecule has 2 aromatic rings. The summed E-state index contributed by atoms with van der Waals surface area (Å²) < 4.78 is 4.25. The molecule has 1 fully saturated rings. The zero-order valence-electron chi connectivity index (χ0n) is 11.5. The molecule has 1 saturated carbocycles. The van der Waals surface area contributed by atoms with Gasteiger partial charge in [-0.1, -0.05) is 6.07 Å². The molecule has 0 radical (unpaired) electrons. The minimum atomic E-state index is 0.570. The van der Waals surface area contributed by atoms with Crippen LogP contribution in [0.2, 0.25) is 0 Å². The van der Waals surface area contributed by atoms with E-state index in [1.807, 2.05) is 18.3 Å². The van der Waals surface area contributed by atoms with Crippen molar-refractivity contribution in [3.05, 3.63) is 24.5 Å². The van der Waals surface area contributed by atoms with Crippen LogP contribution in [0.3, 0.4) is 0 Å². The normalized spacial score (nSPS) is 14.7. The van der Waals surface area contributed by atoms with Crippen LogP contribution >= 0.6 is 11.5 Å². The van der Waals surface area contributed by atoms with E-state index in [1.54, 1.807) is 6.20 Å². The van der Waals surface area contributed by atoms with Crippen molar-refractivity contribution in [2.45, 2.75) is 18.9 Å². The lowest BCUT2D eigenvalue weighted by Gasteiger charge is -2.16. The fourth-order valence-corrected chi connectivity index (χ4v) is 3.02. The fraction of sp³-hybridized carbons (Fsp3) is 0.429. The van der Waals surface area contributed by atoms with Crippen LogP contribution in [-0.4, -0.2) is 40.4 Å². The summed E-state index contributed by atoms with van der Waals surface area (Å²) in [6, 6.07) is 4.72. The van der Waals surface area contributed by atoms with Crippen LogP contribution in [0.1, 0.15) is 12.8 Å². The lowest BCUT2D eigenvalue weighted by Crippen LogP contribution is -2.26. The van der Waals surface area contributed by atoms with Gasteiger partial charge < -0.3 is 16.0 Å². The van der Waals surface area contributed by atoms with Gasteiger partial charge in [-0.25, -0.2) is 0 Å². The molecule has 2 heterocycles. The smallest absolute Gasteiger partial charge is 0.147 e. The van der Waals surface area contributed by atoms with Crippen molar-refractivity contribution in [3.8, 4) is 11.1 Å². The Balaban J connectivity index is 1.67. The monoisotopic (exact) mass is 289 g/mol. The molecule has 3 N–H and O–H groups in total. The summed E-state index contributed by atoms with van der Waals surface area (Å²) in [7, 11) is 2.18. The van der Waals surface area contributed by atoms with Crippen LogP contribution in [-0.2, 0) is 0 Å². The second-order valence-corrected chi connectivity index (χ2v) is 5.93. The van der Waals surface area contributed by atoms with Crippen LogP contribution < -0.4 is 11.1 Å². The Labute approximate surface area is 123 Å². The Morgan fingerprint density at radius 3 is 3.05 bits per heavy atom.